The molecule has 0 bridgehead atoms. The van der Waals surface area contributed by atoms with Gasteiger partial charge >= 0.3 is 0 Å². The molecule has 0 aromatic heterocycles. The summed E-state index contributed by atoms with van der Waals surface area (Å²) in [5, 5.41) is 35.7. The van der Waals surface area contributed by atoms with Crippen molar-refractivity contribution >= 4 is 0 Å². The fourth-order valence-electron chi connectivity index (χ4n) is 5.65. The first-order valence-corrected chi connectivity index (χ1v) is 12.6. The highest BCUT2D eigenvalue weighted by molar-refractivity contribution is 4.88. The number of nitrogens with one attached hydrogen (secondary N) is 10. The lowest BCUT2D eigenvalue weighted by Crippen LogP contribution is -2.77. The summed E-state index contributed by atoms with van der Waals surface area (Å²) >= 11 is 0. The minimum absolute atomic E-state index is 0.0501. The zero-order chi connectivity index (χ0) is 21.5. The van der Waals surface area contributed by atoms with E-state index in [-0.39, 0.29) is 25.2 Å². The monoisotopic (exact) mass is 438 g/mol. The molecule has 6 atom stereocenters. The highest BCUT2D eigenvalue weighted by Gasteiger charge is 2.33. The van der Waals surface area contributed by atoms with Crippen LogP contribution in [0.15, 0.2) is 0 Å². The Morgan fingerprint density at radius 2 is 0.903 bits per heavy atom. The van der Waals surface area contributed by atoms with Gasteiger partial charge in [0, 0.05) is 0 Å². The van der Waals surface area contributed by atoms with Crippen LogP contribution >= 0.6 is 0 Å². The van der Waals surface area contributed by atoms with Gasteiger partial charge in [-0.25, -0.2) is 0 Å². The van der Waals surface area contributed by atoms with Gasteiger partial charge in [0.1, 0.15) is 25.2 Å². The van der Waals surface area contributed by atoms with Crippen LogP contribution in [0.3, 0.4) is 0 Å². The van der Waals surface area contributed by atoms with Crippen molar-refractivity contribution in [2.45, 2.75) is 102 Å². The van der Waals surface area contributed by atoms with Crippen LogP contribution in [-0.4, -0.2) is 58.3 Å². The lowest BCUT2D eigenvalue weighted by molar-refractivity contribution is 0.0900. The van der Waals surface area contributed by atoms with Gasteiger partial charge in [-0.3, -0.25) is 53.2 Å². The van der Waals surface area contributed by atoms with Gasteiger partial charge < -0.3 is 0 Å². The first kappa shape index (κ1) is 23.7. The van der Waals surface area contributed by atoms with E-state index in [4.69, 9.17) is 0 Å². The van der Waals surface area contributed by atoms with Gasteiger partial charge in [-0.15, -0.1) is 0 Å². The third-order valence-electron chi connectivity index (χ3n) is 7.48. The highest BCUT2D eigenvalue weighted by Crippen LogP contribution is 2.27. The molecule has 6 unspecified atom stereocenters. The van der Waals surface area contributed by atoms with Crippen LogP contribution in [0, 0.1) is 11.8 Å². The Balaban J connectivity index is 1.24. The number of rotatable bonds is 8. The Kier molecular flexibility index (Phi) is 9.32. The largest absolute Gasteiger partial charge is 0.293 e. The molecule has 0 radical (unpaired) electrons. The van der Waals surface area contributed by atoms with Crippen LogP contribution < -0.4 is 53.2 Å². The summed E-state index contributed by atoms with van der Waals surface area (Å²) in [4.78, 5) is 0. The topological polar surface area (TPSA) is 120 Å². The fourth-order valence-corrected chi connectivity index (χ4v) is 5.65. The quantitative estimate of drug-likeness (QED) is 0.218. The predicted octanol–water partition coefficient (Wildman–Crippen LogP) is -0.926. The minimum Gasteiger partial charge on any atom is -0.293 e. The van der Waals surface area contributed by atoms with Crippen molar-refractivity contribution in [2.24, 2.45) is 11.8 Å². The highest BCUT2D eigenvalue weighted by atomic mass is 15.5. The third-order valence-corrected chi connectivity index (χ3v) is 7.48. The van der Waals surface area contributed by atoms with Crippen molar-refractivity contribution in [2.75, 3.05) is 20.8 Å². The van der Waals surface area contributed by atoms with Gasteiger partial charge in [-0.05, 0) is 51.6 Å². The number of hydrogen-bond donors (Lipinski definition) is 10. The molecule has 4 fully saturated rings. The Morgan fingerprint density at radius 1 is 0.516 bits per heavy atom. The molecule has 0 aromatic carbocycles. The zero-order valence-electron chi connectivity index (χ0n) is 19.4. The molecule has 4 rings (SSSR count). The molecule has 10 heteroatoms. The Morgan fingerprint density at radius 3 is 1.29 bits per heavy atom. The van der Waals surface area contributed by atoms with Gasteiger partial charge in [-0.1, -0.05) is 38.5 Å². The number of hydrogen-bond acceptors (Lipinski definition) is 10. The van der Waals surface area contributed by atoms with Crippen LogP contribution in [-0.2, 0) is 0 Å². The predicted molar refractivity (Wildman–Crippen MR) is 124 cm³/mol. The van der Waals surface area contributed by atoms with E-state index in [2.05, 4.69) is 53.2 Å². The zero-order valence-corrected chi connectivity index (χ0v) is 19.4. The molecule has 10 N–H and O–H groups in total. The summed E-state index contributed by atoms with van der Waals surface area (Å²) in [6, 6.07) is 0. The van der Waals surface area contributed by atoms with Gasteiger partial charge in [0.15, 0.2) is 0 Å². The van der Waals surface area contributed by atoms with Crippen molar-refractivity contribution in [3.8, 4) is 0 Å². The third kappa shape index (κ3) is 6.80. The standard InChI is InChI=1S/C21H46N10/c1-22-18-26-16(14-9-5-3-6-10-14)28-20(30-18)24-13-25-21-29-17(27-19(23-2)31-21)15-11-7-4-8-12-15/h14-31H,3-13H2,1-2H3. The molecule has 31 heavy (non-hydrogen) atoms. The van der Waals surface area contributed by atoms with E-state index >= 15 is 0 Å². The van der Waals surface area contributed by atoms with Crippen LogP contribution in [0.2, 0.25) is 0 Å². The second kappa shape index (κ2) is 12.2. The van der Waals surface area contributed by atoms with E-state index in [0.29, 0.717) is 30.8 Å². The molecule has 2 aliphatic carbocycles. The van der Waals surface area contributed by atoms with Crippen LogP contribution in [0.25, 0.3) is 0 Å². The first-order valence-electron chi connectivity index (χ1n) is 12.6. The van der Waals surface area contributed by atoms with Gasteiger partial charge in [0.2, 0.25) is 0 Å². The summed E-state index contributed by atoms with van der Waals surface area (Å²) in [7, 11) is 3.99. The Bertz CT molecular complexity index is 466. The molecule has 4 aliphatic rings. The Labute approximate surface area is 188 Å². The summed E-state index contributed by atoms with van der Waals surface area (Å²) < 4.78 is 0. The van der Waals surface area contributed by atoms with E-state index in [9.17, 15) is 0 Å². The normalized spacial score (nSPS) is 38.9. The molecule has 2 heterocycles. The average Bonchev–Trinajstić information content (AvgIpc) is 2.84. The maximum absolute atomic E-state index is 3.73. The summed E-state index contributed by atoms with van der Waals surface area (Å²) in [5.41, 5.74) is 0. The maximum atomic E-state index is 3.73. The van der Waals surface area contributed by atoms with E-state index in [1.165, 1.54) is 64.2 Å². The van der Waals surface area contributed by atoms with Crippen LogP contribution in [0.4, 0.5) is 0 Å². The van der Waals surface area contributed by atoms with E-state index < -0.39 is 0 Å². The van der Waals surface area contributed by atoms with E-state index in [1.807, 2.05) is 14.1 Å². The van der Waals surface area contributed by atoms with Crippen molar-refractivity contribution in [1.82, 2.24) is 53.2 Å². The van der Waals surface area contributed by atoms with Gasteiger partial charge in [0.25, 0.3) is 0 Å². The molecular formula is C21H46N10. The lowest BCUT2D eigenvalue weighted by Gasteiger charge is -2.44. The molecule has 0 amide bonds. The van der Waals surface area contributed by atoms with Gasteiger partial charge in [0.05, 0.1) is 19.0 Å². The SMILES string of the molecule is CNC1NC(NCNC2NC(NC)NC(C3CCCCC3)N2)NC(C2CCCCC2)N1. The van der Waals surface area contributed by atoms with Crippen molar-refractivity contribution < 1.29 is 0 Å². The summed E-state index contributed by atoms with van der Waals surface area (Å²) in [6.07, 6.45) is 14.4. The van der Waals surface area contributed by atoms with Crippen molar-refractivity contribution in [3.63, 3.8) is 0 Å². The summed E-state index contributed by atoms with van der Waals surface area (Å²) in [6.45, 7) is 0.691. The molecule has 2 aliphatic heterocycles. The molecule has 180 valence electrons. The lowest BCUT2D eigenvalue weighted by atomic mass is 9.86. The van der Waals surface area contributed by atoms with Crippen LogP contribution in [0.1, 0.15) is 64.2 Å². The maximum Gasteiger partial charge on any atom is 0.116 e. The molecule has 0 aromatic rings. The van der Waals surface area contributed by atoms with Crippen molar-refractivity contribution in [1.29, 1.82) is 0 Å². The first-order chi connectivity index (χ1) is 15.2. The van der Waals surface area contributed by atoms with E-state index in [1.54, 1.807) is 0 Å². The van der Waals surface area contributed by atoms with Crippen LogP contribution in [0.5, 0.6) is 0 Å². The van der Waals surface area contributed by atoms with Gasteiger partial charge in [-0.2, -0.15) is 0 Å². The average molecular weight is 439 g/mol. The Hall–Kier alpha value is -0.400. The second-order valence-electron chi connectivity index (χ2n) is 9.65. The molecular weight excluding hydrogens is 392 g/mol. The smallest absolute Gasteiger partial charge is 0.116 e. The fraction of sp³-hybridized carbons (Fsp3) is 1.00. The molecule has 10 nitrogen and oxygen atoms in total. The molecule has 0 spiro atoms. The molecule has 2 saturated carbocycles. The van der Waals surface area contributed by atoms with E-state index in [0.717, 1.165) is 0 Å². The second-order valence-corrected chi connectivity index (χ2v) is 9.65. The minimum atomic E-state index is 0.0501. The molecule has 2 saturated heterocycles. The van der Waals surface area contributed by atoms with Crippen molar-refractivity contribution in [3.05, 3.63) is 0 Å². The summed E-state index contributed by atoms with van der Waals surface area (Å²) in [5.74, 6) is 1.40.